The number of fused-ring (bicyclic) bond motifs is 3. The summed E-state index contributed by atoms with van der Waals surface area (Å²) in [4.78, 5) is 36.1. The first-order valence-electron chi connectivity index (χ1n) is 10.7. The fourth-order valence-electron chi connectivity index (χ4n) is 4.47. The van der Waals surface area contributed by atoms with Gasteiger partial charge in [-0.05, 0) is 41.5 Å². The Labute approximate surface area is 189 Å². The van der Waals surface area contributed by atoms with Gasteiger partial charge in [-0.25, -0.2) is 13.6 Å². The van der Waals surface area contributed by atoms with Gasteiger partial charge in [0, 0.05) is 5.92 Å². The quantitative estimate of drug-likeness (QED) is 0.560. The maximum atomic E-state index is 13.1. The van der Waals surface area contributed by atoms with Gasteiger partial charge >= 0.3 is 12.1 Å². The number of halogens is 2. The van der Waals surface area contributed by atoms with E-state index in [1.165, 1.54) is 0 Å². The number of alkyl carbamates (subject to hydrolysis) is 1. The lowest BCUT2D eigenvalue weighted by atomic mass is 9.76. The molecule has 0 aromatic heterocycles. The molecule has 2 aromatic rings. The third-order valence-electron chi connectivity index (χ3n) is 6.34. The number of carbonyl (C=O) groups is 3. The Morgan fingerprint density at radius 3 is 2.09 bits per heavy atom. The van der Waals surface area contributed by atoms with Crippen LogP contribution in [0.15, 0.2) is 48.5 Å². The van der Waals surface area contributed by atoms with E-state index in [4.69, 9.17) is 9.84 Å². The van der Waals surface area contributed by atoms with Crippen LogP contribution in [0.25, 0.3) is 11.1 Å². The van der Waals surface area contributed by atoms with Gasteiger partial charge in [-0.2, -0.15) is 0 Å². The topological polar surface area (TPSA) is 105 Å². The predicted molar refractivity (Wildman–Crippen MR) is 115 cm³/mol. The minimum Gasteiger partial charge on any atom is -0.481 e. The SMILES string of the molecule is O=C(O)CC(NC(=O)C1(NC(=O)OCC2c3ccccc3-c3ccccc32)CCC1)C(F)F. The molecule has 1 unspecified atom stereocenters. The highest BCUT2D eigenvalue weighted by molar-refractivity contribution is 5.91. The molecule has 33 heavy (non-hydrogen) atoms. The molecule has 2 amide bonds. The van der Waals surface area contributed by atoms with Gasteiger partial charge in [0.15, 0.2) is 0 Å². The second-order valence-electron chi connectivity index (χ2n) is 8.40. The van der Waals surface area contributed by atoms with E-state index in [9.17, 15) is 23.2 Å². The lowest BCUT2D eigenvalue weighted by Crippen LogP contribution is -2.64. The molecule has 1 atom stereocenters. The fourth-order valence-corrected chi connectivity index (χ4v) is 4.47. The van der Waals surface area contributed by atoms with Gasteiger partial charge < -0.3 is 20.5 Å². The number of benzene rings is 2. The Hall–Kier alpha value is -3.49. The van der Waals surface area contributed by atoms with Gasteiger partial charge in [-0.15, -0.1) is 0 Å². The normalized spacial score (nSPS) is 16.8. The molecule has 2 aromatic carbocycles. The monoisotopic (exact) mass is 458 g/mol. The molecule has 1 fully saturated rings. The number of hydrogen-bond acceptors (Lipinski definition) is 4. The van der Waals surface area contributed by atoms with Crippen LogP contribution >= 0.6 is 0 Å². The number of amides is 2. The lowest BCUT2D eigenvalue weighted by molar-refractivity contribution is -0.140. The third kappa shape index (κ3) is 4.53. The fraction of sp³-hybridized carbons (Fsp3) is 0.375. The van der Waals surface area contributed by atoms with Gasteiger partial charge in [0.25, 0.3) is 6.43 Å². The maximum absolute atomic E-state index is 13.1. The van der Waals surface area contributed by atoms with E-state index in [2.05, 4.69) is 10.6 Å². The summed E-state index contributed by atoms with van der Waals surface area (Å²) in [6.45, 7) is 0.0518. The van der Waals surface area contributed by atoms with Crippen molar-refractivity contribution in [1.29, 1.82) is 0 Å². The van der Waals surface area contributed by atoms with Crippen molar-refractivity contribution in [2.24, 2.45) is 0 Å². The van der Waals surface area contributed by atoms with Gasteiger partial charge in [0.05, 0.1) is 6.42 Å². The van der Waals surface area contributed by atoms with Crippen LogP contribution in [-0.4, -0.2) is 47.7 Å². The van der Waals surface area contributed by atoms with Crippen LogP contribution in [0.2, 0.25) is 0 Å². The van der Waals surface area contributed by atoms with Gasteiger partial charge in [-0.3, -0.25) is 9.59 Å². The third-order valence-corrected chi connectivity index (χ3v) is 6.34. The van der Waals surface area contributed by atoms with Crippen molar-refractivity contribution in [3.8, 4) is 11.1 Å². The van der Waals surface area contributed by atoms with Crippen LogP contribution in [0.3, 0.4) is 0 Å². The summed E-state index contributed by atoms with van der Waals surface area (Å²) in [5.41, 5.74) is 2.85. The molecule has 3 N–H and O–H groups in total. The van der Waals surface area contributed by atoms with Gasteiger partial charge in [0.2, 0.25) is 5.91 Å². The van der Waals surface area contributed by atoms with Crippen LogP contribution in [0.5, 0.6) is 0 Å². The molecule has 0 aliphatic heterocycles. The predicted octanol–water partition coefficient (Wildman–Crippen LogP) is 3.67. The van der Waals surface area contributed by atoms with E-state index < -0.39 is 42.4 Å². The van der Waals surface area contributed by atoms with Crippen molar-refractivity contribution < 1.29 is 33.0 Å². The molecule has 2 aliphatic rings. The van der Waals surface area contributed by atoms with Crippen LogP contribution in [0.4, 0.5) is 13.6 Å². The van der Waals surface area contributed by atoms with Gasteiger partial charge in [0.1, 0.15) is 18.2 Å². The Kier molecular flexibility index (Phi) is 6.31. The molecule has 9 heteroatoms. The Morgan fingerprint density at radius 1 is 1.03 bits per heavy atom. The van der Waals surface area contributed by atoms with Gasteiger partial charge in [-0.1, -0.05) is 48.5 Å². The van der Waals surface area contributed by atoms with Crippen LogP contribution in [-0.2, 0) is 14.3 Å². The molecule has 0 heterocycles. The number of hydrogen-bond donors (Lipinski definition) is 3. The first-order chi connectivity index (χ1) is 15.8. The number of nitrogens with one attached hydrogen (secondary N) is 2. The molecule has 0 bridgehead atoms. The molecule has 4 rings (SSSR count). The molecule has 0 saturated heterocycles. The van der Waals surface area contributed by atoms with Crippen molar-refractivity contribution in [2.45, 2.75) is 49.6 Å². The molecule has 7 nitrogen and oxygen atoms in total. The number of carboxylic acid groups (broad SMARTS) is 1. The molecule has 0 spiro atoms. The van der Waals surface area contributed by atoms with Crippen molar-refractivity contribution in [1.82, 2.24) is 10.6 Å². The summed E-state index contributed by atoms with van der Waals surface area (Å²) in [6.07, 6.45) is -3.65. The average Bonchev–Trinajstić information content (AvgIpc) is 3.07. The second-order valence-corrected chi connectivity index (χ2v) is 8.40. The smallest absolute Gasteiger partial charge is 0.408 e. The van der Waals surface area contributed by atoms with E-state index in [-0.39, 0.29) is 25.4 Å². The highest BCUT2D eigenvalue weighted by atomic mass is 19.3. The van der Waals surface area contributed by atoms with Crippen LogP contribution < -0.4 is 10.6 Å². The number of aliphatic carboxylic acids is 1. The largest absolute Gasteiger partial charge is 0.481 e. The average molecular weight is 458 g/mol. The van der Waals surface area contributed by atoms with Crippen molar-refractivity contribution in [3.05, 3.63) is 59.7 Å². The molecule has 174 valence electrons. The molecule has 1 saturated carbocycles. The highest BCUT2D eigenvalue weighted by Gasteiger charge is 2.47. The van der Waals surface area contributed by atoms with Crippen molar-refractivity contribution >= 4 is 18.0 Å². The Morgan fingerprint density at radius 2 is 1.61 bits per heavy atom. The maximum Gasteiger partial charge on any atom is 0.408 e. The van der Waals surface area contributed by atoms with E-state index in [1.54, 1.807) is 0 Å². The van der Waals surface area contributed by atoms with Crippen molar-refractivity contribution in [2.75, 3.05) is 6.61 Å². The molecule has 2 aliphatic carbocycles. The molecular weight excluding hydrogens is 434 g/mol. The Balaban J connectivity index is 1.41. The molecule has 0 radical (unpaired) electrons. The second kappa shape index (κ2) is 9.17. The number of carbonyl (C=O) groups excluding carboxylic acids is 2. The zero-order valence-electron chi connectivity index (χ0n) is 17.7. The summed E-state index contributed by atoms with van der Waals surface area (Å²) >= 11 is 0. The summed E-state index contributed by atoms with van der Waals surface area (Å²) in [6, 6.07) is 13.9. The number of alkyl halides is 2. The van der Waals surface area contributed by atoms with E-state index in [0.717, 1.165) is 22.3 Å². The van der Waals surface area contributed by atoms with Crippen LogP contribution in [0.1, 0.15) is 42.7 Å². The highest BCUT2D eigenvalue weighted by Crippen LogP contribution is 2.44. The summed E-state index contributed by atoms with van der Waals surface area (Å²) < 4.78 is 31.7. The summed E-state index contributed by atoms with van der Waals surface area (Å²) in [5.74, 6) is -2.44. The van der Waals surface area contributed by atoms with Crippen molar-refractivity contribution in [3.63, 3.8) is 0 Å². The number of ether oxygens (including phenoxy) is 1. The van der Waals surface area contributed by atoms with E-state index in [1.807, 2.05) is 48.5 Å². The standard InChI is InChI=1S/C24H24F2N2O5/c25-21(26)19(12-20(29)30)27-22(31)24(10-5-11-24)28-23(32)33-13-18-16-8-3-1-6-14(16)15-7-2-4-9-17(15)18/h1-4,6-9,18-19,21H,5,10-13H2,(H,27,31)(H,28,32)(H,29,30). The first-order valence-corrected chi connectivity index (χ1v) is 10.7. The molecular formula is C24H24F2N2O5. The zero-order chi connectivity index (χ0) is 23.6. The Bertz CT molecular complexity index is 1020. The first kappa shape index (κ1) is 22.7. The minimum absolute atomic E-state index is 0.0518. The lowest BCUT2D eigenvalue weighted by Gasteiger charge is -2.41. The summed E-state index contributed by atoms with van der Waals surface area (Å²) in [5, 5.41) is 13.4. The van der Waals surface area contributed by atoms with Crippen LogP contribution in [0, 0.1) is 0 Å². The minimum atomic E-state index is -3.04. The number of rotatable bonds is 8. The zero-order valence-corrected chi connectivity index (χ0v) is 17.7. The number of carboxylic acids is 1. The summed E-state index contributed by atoms with van der Waals surface area (Å²) in [7, 11) is 0. The van der Waals surface area contributed by atoms with E-state index in [0.29, 0.717) is 6.42 Å². The van der Waals surface area contributed by atoms with E-state index >= 15 is 0 Å².